The van der Waals surface area contributed by atoms with Gasteiger partial charge >= 0.3 is 0 Å². The van der Waals surface area contributed by atoms with E-state index in [1.807, 2.05) is 0 Å². The Morgan fingerprint density at radius 2 is 1.50 bits per heavy atom. The Kier molecular flexibility index (Phi) is 4.73. The van der Waals surface area contributed by atoms with Crippen LogP contribution >= 0.6 is 0 Å². The van der Waals surface area contributed by atoms with Gasteiger partial charge in [0.1, 0.15) is 0 Å². The molecule has 0 N–H and O–H groups in total. The number of piperazine rings is 1. The van der Waals surface area contributed by atoms with Crippen LogP contribution < -0.4 is 0 Å². The summed E-state index contributed by atoms with van der Waals surface area (Å²) in [7, 11) is 0. The van der Waals surface area contributed by atoms with E-state index < -0.39 is 28.9 Å². The molecular weight excluding hydrogens is 297 g/mol. The van der Waals surface area contributed by atoms with Gasteiger partial charge in [0.25, 0.3) is 5.91 Å². The Bertz CT molecular complexity index is 597. The van der Waals surface area contributed by atoms with Crippen LogP contribution in [0, 0.1) is 23.4 Å². The van der Waals surface area contributed by atoms with Gasteiger partial charge in [-0.3, -0.25) is 9.59 Å². The monoisotopic (exact) mass is 314 g/mol. The van der Waals surface area contributed by atoms with Crippen molar-refractivity contribution in [3.8, 4) is 0 Å². The van der Waals surface area contributed by atoms with Crippen LogP contribution in [-0.4, -0.2) is 47.8 Å². The zero-order chi connectivity index (χ0) is 16.4. The summed E-state index contributed by atoms with van der Waals surface area (Å²) in [5.74, 6) is -5.31. The summed E-state index contributed by atoms with van der Waals surface area (Å²) in [5, 5.41) is 0. The first-order chi connectivity index (χ1) is 10.3. The van der Waals surface area contributed by atoms with Gasteiger partial charge in [0.05, 0.1) is 5.56 Å². The quantitative estimate of drug-likeness (QED) is 0.784. The fourth-order valence-electron chi connectivity index (χ4n) is 2.36. The molecule has 0 aromatic heterocycles. The van der Waals surface area contributed by atoms with Crippen molar-refractivity contribution in [3.63, 3.8) is 0 Å². The lowest BCUT2D eigenvalue weighted by atomic mass is 10.1. The topological polar surface area (TPSA) is 40.6 Å². The van der Waals surface area contributed by atoms with Gasteiger partial charge in [0.2, 0.25) is 5.91 Å². The highest BCUT2D eigenvalue weighted by Gasteiger charge is 2.28. The maximum Gasteiger partial charge on any atom is 0.257 e. The number of carbonyl (C=O) groups is 2. The normalized spacial score (nSPS) is 15.4. The second-order valence-corrected chi connectivity index (χ2v) is 5.50. The van der Waals surface area contributed by atoms with Gasteiger partial charge in [-0.1, -0.05) is 13.8 Å². The van der Waals surface area contributed by atoms with Crippen LogP contribution in [0.2, 0.25) is 0 Å². The third kappa shape index (κ3) is 3.08. The van der Waals surface area contributed by atoms with Crippen molar-refractivity contribution in [1.82, 2.24) is 9.80 Å². The summed E-state index contributed by atoms with van der Waals surface area (Å²) in [6, 6.07) is 1.66. The average molecular weight is 314 g/mol. The Balaban J connectivity index is 2.07. The molecule has 1 aromatic rings. The van der Waals surface area contributed by atoms with E-state index >= 15 is 0 Å². The molecule has 0 unspecified atom stereocenters. The van der Waals surface area contributed by atoms with E-state index in [2.05, 4.69) is 0 Å². The van der Waals surface area contributed by atoms with E-state index in [4.69, 9.17) is 0 Å². The highest BCUT2D eigenvalue weighted by molar-refractivity contribution is 5.94. The fraction of sp³-hybridized carbons (Fsp3) is 0.467. The van der Waals surface area contributed by atoms with E-state index in [-0.39, 0.29) is 24.9 Å². The first-order valence-electron chi connectivity index (χ1n) is 7.04. The van der Waals surface area contributed by atoms with Crippen LogP contribution in [0.15, 0.2) is 12.1 Å². The third-order valence-corrected chi connectivity index (χ3v) is 3.64. The van der Waals surface area contributed by atoms with Crippen LogP contribution in [0.5, 0.6) is 0 Å². The van der Waals surface area contributed by atoms with Crippen molar-refractivity contribution in [1.29, 1.82) is 0 Å². The first kappa shape index (κ1) is 16.3. The standard InChI is InChI=1S/C15H17F3N2O2/c1-9(2)14(21)19-5-7-20(8-6-19)15(22)10-3-4-11(16)13(18)12(10)17/h3-4,9H,5-8H2,1-2H3. The molecule has 2 amide bonds. The molecule has 1 heterocycles. The van der Waals surface area contributed by atoms with Crippen LogP contribution in [0.25, 0.3) is 0 Å². The molecular formula is C15H17F3N2O2. The van der Waals surface area contributed by atoms with E-state index in [0.29, 0.717) is 13.1 Å². The Hall–Kier alpha value is -2.05. The molecule has 1 saturated heterocycles. The number of hydrogen-bond acceptors (Lipinski definition) is 2. The van der Waals surface area contributed by atoms with E-state index in [0.717, 1.165) is 12.1 Å². The van der Waals surface area contributed by atoms with Gasteiger partial charge in [-0.25, -0.2) is 13.2 Å². The van der Waals surface area contributed by atoms with E-state index in [1.165, 1.54) is 4.90 Å². The maximum absolute atomic E-state index is 13.7. The van der Waals surface area contributed by atoms with Crippen molar-refractivity contribution in [3.05, 3.63) is 35.1 Å². The number of amides is 2. The van der Waals surface area contributed by atoms with Crippen LogP contribution in [0.1, 0.15) is 24.2 Å². The van der Waals surface area contributed by atoms with Crippen LogP contribution in [-0.2, 0) is 4.79 Å². The van der Waals surface area contributed by atoms with Crippen molar-refractivity contribution in [2.75, 3.05) is 26.2 Å². The number of halogens is 3. The number of hydrogen-bond donors (Lipinski definition) is 0. The minimum Gasteiger partial charge on any atom is -0.339 e. The van der Waals surface area contributed by atoms with Crippen LogP contribution in [0.4, 0.5) is 13.2 Å². The molecule has 0 bridgehead atoms. The molecule has 1 aliphatic rings. The van der Waals surface area contributed by atoms with Gasteiger partial charge in [-0.15, -0.1) is 0 Å². The molecule has 22 heavy (non-hydrogen) atoms. The molecule has 1 aromatic carbocycles. The molecule has 0 atom stereocenters. The zero-order valence-electron chi connectivity index (χ0n) is 12.4. The Morgan fingerprint density at radius 1 is 0.955 bits per heavy atom. The predicted molar refractivity (Wildman–Crippen MR) is 73.6 cm³/mol. The summed E-state index contributed by atoms with van der Waals surface area (Å²) in [5.41, 5.74) is -0.498. The van der Waals surface area contributed by atoms with Crippen molar-refractivity contribution in [2.45, 2.75) is 13.8 Å². The second kappa shape index (κ2) is 6.37. The maximum atomic E-state index is 13.7. The Labute approximate surface area is 126 Å². The molecule has 0 aliphatic carbocycles. The summed E-state index contributed by atoms with van der Waals surface area (Å²) in [4.78, 5) is 27.0. The minimum absolute atomic E-state index is 0.00824. The van der Waals surface area contributed by atoms with E-state index in [1.54, 1.807) is 18.7 Å². The Morgan fingerprint density at radius 3 is 2.05 bits per heavy atom. The minimum atomic E-state index is -1.65. The highest BCUT2D eigenvalue weighted by Crippen LogP contribution is 2.18. The first-order valence-corrected chi connectivity index (χ1v) is 7.04. The van der Waals surface area contributed by atoms with Crippen molar-refractivity contribution in [2.24, 2.45) is 5.92 Å². The van der Waals surface area contributed by atoms with Crippen molar-refractivity contribution >= 4 is 11.8 Å². The molecule has 7 heteroatoms. The fourth-order valence-corrected chi connectivity index (χ4v) is 2.36. The largest absolute Gasteiger partial charge is 0.339 e. The lowest BCUT2D eigenvalue weighted by Gasteiger charge is -2.35. The van der Waals surface area contributed by atoms with Gasteiger partial charge in [0, 0.05) is 32.1 Å². The summed E-state index contributed by atoms with van der Waals surface area (Å²) in [6.45, 7) is 4.72. The lowest BCUT2D eigenvalue weighted by molar-refractivity contribution is -0.135. The highest BCUT2D eigenvalue weighted by atomic mass is 19.2. The smallest absolute Gasteiger partial charge is 0.257 e. The van der Waals surface area contributed by atoms with Gasteiger partial charge < -0.3 is 9.80 Å². The second-order valence-electron chi connectivity index (χ2n) is 5.50. The molecule has 1 aliphatic heterocycles. The lowest BCUT2D eigenvalue weighted by Crippen LogP contribution is -2.51. The SMILES string of the molecule is CC(C)C(=O)N1CCN(C(=O)c2ccc(F)c(F)c2F)CC1. The molecule has 1 fully saturated rings. The summed E-state index contributed by atoms with van der Waals surface area (Å²) in [6.07, 6.45) is 0. The van der Waals surface area contributed by atoms with Gasteiger partial charge in [0.15, 0.2) is 17.5 Å². The van der Waals surface area contributed by atoms with E-state index in [9.17, 15) is 22.8 Å². The number of rotatable bonds is 2. The van der Waals surface area contributed by atoms with Gasteiger partial charge in [-0.2, -0.15) is 0 Å². The average Bonchev–Trinajstić information content (AvgIpc) is 2.51. The van der Waals surface area contributed by atoms with Crippen molar-refractivity contribution < 1.29 is 22.8 Å². The molecule has 0 radical (unpaired) electrons. The summed E-state index contributed by atoms with van der Waals surface area (Å²) >= 11 is 0. The van der Waals surface area contributed by atoms with Gasteiger partial charge in [-0.05, 0) is 12.1 Å². The molecule has 4 nitrogen and oxygen atoms in total. The van der Waals surface area contributed by atoms with Crippen LogP contribution in [0.3, 0.4) is 0 Å². The predicted octanol–water partition coefficient (Wildman–Crippen LogP) is 2.04. The molecule has 0 spiro atoms. The number of nitrogens with zero attached hydrogens (tertiary/aromatic N) is 2. The summed E-state index contributed by atoms with van der Waals surface area (Å²) < 4.78 is 39.8. The molecule has 120 valence electrons. The number of benzene rings is 1. The molecule has 2 rings (SSSR count). The number of carbonyl (C=O) groups excluding carboxylic acids is 2. The molecule has 0 saturated carbocycles. The third-order valence-electron chi connectivity index (χ3n) is 3.64. The zero-order valence-corrected chi connectivity index (χ0v) is 12.4.